The zero-order valence-corrected chi connectivity index (χ0v) is 18.7. The first-order chi connectivity index (χ1) is 13.9. The Balaban J connectivity index is 2.08. The Kier molecular flexibility index (Phi) is 9.26. The third-order valence-electron chi connectivity index (χ3n) is 5.10. The number of aryl methyl sites for hydroxylation is 1. The first-order valence-electron chi connectivity index (χ1n) is 10.2. The summed E-state index contributed by atoms with van der Waals surface area (Å²) in [6.45, 7) is 8.31. The van der Waals surface area contributed by atoms with Crippen molar-refractivity contribution < 1.29 is 9.59 Å². The molecule has 5 heteroatoms. The fourth-order valence-electron chi connectivity index (χ4n) is 2.94. The molecule has 0 aliphatic heterocycles. The van der Waals surface area contributed by atoms with E-state index in [-0.39, 0.29) is 17.9 Å². The van der Waals surface area contributed by atoms with Crippen LogP contribution in [0.5, 0.6) is 0 Å². The van der Waals surface area contributed by atoms with E-state index >= 15 is 0 Å². The van der Waals surface area contributed by atoms with Gasteiger partial charge < -0.3 is 10.2 Å². The van der Waals surface area contributed by atoms with Gasteiger partial charge in [-0.1, -0.05) is 49.4 Å². The highest BCUT2D eigenvalue weighted by molar-refractivity contribution is 7.99. The first-order valence-corrected chi connectivity index (χ1v) is 11.2. The number of nitrogens with zero attached hydrogens (tertiary/aromatic N) is 1. The van der Waals surface area contributed by atoms with E-state index in [1.165, 1.54) is 0 Å². The Morgan fingerprint density at radius 1 is 1.03 bits per heavy atom. The van der Waals surface area contributed by atoms with E-state index in [4.69, 9.17) is 0 Å². The fourth-order valence-corrected chi connectivity index (χ4v) is 3.80. The van der Waals surface area contributed by atoms with Crippen LogP contribution in [0.4, 0.5) is 0 Å². The number of thioether (sulfide) groups is 1. The summed E-state index contributed by atoms with van der Waals surface area (Å²) >= 11 is 1.66. The molecule has 0 saturated carbocycles. The number of benzene rings is 2. The number of hydrogen-bond acceptors (Lipinski definition) is 3. The van der Waals surface area contributed by atoms with Crippen LogP contribution < -0.4 is 5.32 Å². The zero-order chi connectivity index (χ0) is 21.2. The predicted molar refractivity (Wildman–Crippen MR) is 121 cm³/mol. The van der Waals surface area contributed by atoms with Crippen molar-refractivity contribution in [1.82, 2.24) is 10.2 Å². The SMILES string of the molecule is CCC(C)NC(=O)C(C)N(Cc1ccccc1C)C(=O)CCSc1ccccc1. The molecule has 0 spiro atoms. The first kappa shape index (κ1) is 23.0. The minimum atomic E-state index is -0.516. The van der Waals surface area contributed by atoms with Gasteiger partial charge in [-0.15, -0.1) is 11.8 Å². The molecule has 2 atom stereocenters. The van der Waals surface area contributed by atoms with Crippen molar-refractivity contribution in [3.8, 4) is 0 Å². The molecular weight excluding hydrogens is 380 g/mol. The normalized spacial score (nSPS) is 12.8. The fraction of sp³-hybridized carbons (Fsp3) is 0.417. The number of carbonyl (C=O) groups excluding carboxylic acids is 2. The summed E-state index contributed by atoms with van der Waals surface area (Å²) in [5, 5.41) is 3.01. The largest absolute Gasteiger partial charge is 0.352 e. The minimum absolute atomic E-state index is 0.00323. The Labute approximate surface area is 179 Å². The summed E-state index contributed by atoms with van der Waals surface area (Å²) in [4.78, 5) is 28.7. The van der Waals surface area contributed by atoms with Crippen molar-refractivity contribution in [2.75, 3.05) is 5.75 Å². The molecule has 1 N–H and O–H groups in total. The Hall–Kier alpha value is -2.27. The highest BCUT2D eigenvalue weighted by atomic mass is 32.2. The van der Waals surface area contributed by atoms with Gasteiger partial charge in [-0.2, -0.15) is 0 Å². The van der Waals surface area contributed by atoms with E-state index < -0.39 is 6.04 Å². The molecule has 156 valence electrons. The van der Waals surface area contributed by atoms with Gasteiger partial charge in [0, 0.05) is 29.7 Å². The molecule has 0 radical (unpaired) electrons. The van der Waals surface area contributed by atoms with Crippen molar-refractivity contribution in [3.63, 3.8) is 0 Å². The smallest absolute Gasteiger partial charge is 0.242 e. The van der Waals surface area contributed by atoms with Gasteiger partial charge in [-0.05, 0) is 50.5 Å². The summed E-state index contributed by atoms with van der Waals surface area (Å²) in [7, 11) is 0. The summed E-state index contributed by atoms with van der Waals surface area (Å²) in [6.07, 6.45) is 1.25. The highest BCUT2D eigenvalue weighted by Crippen LogP contribution is 2.20. The summed E-state index contributed by atoms with van der Waals surface area (Å²) < 4.78 is 0. The lowest BCUT2D eigenvalue weighted by Crippen LogP contribution is -2.49. The molecule has 0 saturated heterocycles. The zero-order valence-electron chi connectivity index (χ0n) is 17.9. The highest BCUT2D eigenvalue weighted by Gasteiger charge is 2.26. The van der Waals surface area contributed by atoms with Crippen LogP contribution in [0, 0.1) is 6.92 Å². The second-order valence-corrected chi connectivity index (χ2v) is 8.52. The van der Waals surface area contributed by atoms with E-state index in [9.17, 15) is 9.59 Å². The van der Waals surface area contributed by atoms with Gasteiger partial charge in [0.25, 0.3) is 0 Å². The molecule has 29 heavy (non-hydrogen) atoms. The quantitative estimate of drug-likeness (QED) is 0.570. The van der Waals surface area contributed by atoms with Crippen molar-refractivity contribution in [1.29, 1.82) is 0 Å². The third kappa shape index (κ3) is 7.24. The number of amides is 2. The molecule has 2 rings (SSSR count). The summed E-state index contributed by atoms with van der Waals surface area (Å²) in [6, 6.07) is 17.7. The molecule has 0 aliphatic carbocycles. The van der Waals surface area contributed by atoms with E-state index in [0.29, 0.717) is 18.7 Å². The van der Waals surface area contributed by atoms with Crippen LogP contribution in [-0.4, -0.2) is 34.6 Å². The van der Waals surface area contributed by atoms with Crippen LogP contribution in [0.25, 0.3) is 0 Å². The van der Waals surface area contributed by atoms with Crippen LogP contribution in [-0.2, 0) is 16.1 Å². The van der Waals surface area contributed by atoms with Gasteiger partial charge in [0.05, 0.1) is 0 Å². The minimum Gasteiger partial charge on any atom is -0.352 e. The van der Waals surface area contributed by atoms with Gasteiger partial charge in [0.2, 0.25) is 11.8 Å². The molecule has 2 aromatic rings. The van der Waals surface area contributed by atoms with Crippen LogP contribution in [0.2, 0.25) is 0 Å². The van der Waals surface area contributed by atoms with Crippen molar-refractivity contribution >= 4 is 23.6 Å². The second kappa shape index (κ2) is 11.7. The van der Waals surface area contributed by atoms with Crippen LogP contribution in [0.1, 0.15) is 44.7 Å². The van der Waals surface area contributed by atoms with E-state index in [2.05, 4.69) is 5.32 Å². The molecular formula is C24H32N2O2S. The van der Waals surface area contributed by atoms with Crippen molar-refractivity contribution in [2.24, 2.45) is 0 Å². The van der Waals surface area contributed by atoms with E-state index in [1.54, 1.807) is 16.7 Å². The summed E-state index contributed by atoms with van der Waals surface area (Å²) in [5.41, 5.74) is 2.19. The molecule has 0 aliphatic rings. The number of carbonyl (C=O) groups is 2. The molecule has 0 aromatic heterocycles. The van der Waals surface area contributed by atoms with Crippen LogP contribution in [0.15, 0.2) is 59.5 Å². The lowest BCUT2D eigenvalue weighted by Gasteiger charge is -2.30. The van der Waals surface area contributed by atoms with Gasteiger partial charge >= 0.3 is 0 Å². The average molecular weight is 413 g/mol. The molecule has 0 heterocycles. The van der Waals surface area contributed by atoms with Gasteiger partial charge in [0.1, 0.15) is 6.04 Å². The molecule has 2 amide bonds. The van der Waals surface area contributed by atoms with Gasteiger partial charge in [-0.3, -0.25) is 9.59 Å². The van der Waals surface area contributed by atoms with Crippen LogP contribution >= 0.6 is 11.8 Å². The molecule has 2 aromatic carbocycles. The van der Waals surface area contributed by atoms with Gasteiger partial charge in [-0.25, -0.2) is 0 Å². The van der Waals surface area contributed by atoms with Crippen molar-refractivity contribution in [3.05, 3.63) is 65.7 Å². The molecule has 0 bridgehead atoms. The molecule has 2 unspecified atom stereocenters. The number of rotatable bonds is 10. The molecule has 0 fully saturated rings. The number of nitrogens with one attached hydrogen (secondary N) is 1. The summed E-state index contributed by atoms with van der Waals surface area (Å²) in [5.74, 6) is 0.591. The Bertz CT molecular complexity index is 794. The lowest BCUT2D eigenvalue weighted by atomic mass is 10.1. The number of hydrogen-bond donors (Lipinski definition) is 1. The second-order valence-electron chi connectivity index (χ2n) is 7.35. The maximum Gasteiger partial charge on any atom is 0.242 e. The standard InChI is InChI=1S/C24H32N2O2S/c1-5-19(3)25-24(28)20(4)26(17-21-12-10-9-11-18(21)2)23(27)15-16-29-22-13-7-6-8-14-22/h6-14,19-20H,5,15-17H2,1-4H3,(H,25,28). The third-order valence-corrected chi connectivity index (χ3v) is 6.11. The lowest BCUT2D eigenvalue weighted by molar-refractivity contribution is -0.140. The van der Waals surface area contributed by atoms with E-state index in [0.717, 1.165) is 22.4 Å². The monoisotopic (exact) mass is 412 g/mol. The predicted octanol–water partition coefficient (Wildman–Crippen LogP) is 4.81. The van der Waals surface area contributed by atoms with Gasteiger partial charge in [0.15, 0.2) is 0 Å². The Morgan fingerprint density at radius 3 is 2.34 bits per heavy atom. The maximum atomic E-state index is 13.1. The van der Waals surface area contributed by atoms with Crippen LogP contribution in [0.3, 0.4) is 0 Å². The topological polar surface area (TPSA) is 49.4 Å². The molecule has 4 nitrogen and oxygen atoms in total. The average Bonchev–Trinajstić information content (AvgIpc) is 2.73. The maximum absolute atomic E-state index is 13.1. The van der Waals surface area contributed by atoms with Crippen molar-refractivity contribution in [2.45, 2.75) is 64.1 Å². The van der Waals surface area contributed by atoms with E-state index in [1.807, 2.05) is 82.3 Å². The Morgan fingerprint density at radius 2 is 1.69 bits per heavy atom.